The Balaban J connectivity index is 1.37. The second-order valence-electron chi connectivity index (χ2n) is 15.1. The zero-order valence-corrected chi connectivity index (χ0v) is 33.0. The molecule has 0 radical (unpaired) electrons. The number of methoxy groups -OCH3 is 1. The molecule has 13 nitrogen and oxygen atoms in total. The van der Waals surface area contributed by atoms with Crippen LogP contribution < -0.4 is 0 Å². The van der Waals surface area contributed by atoms with Gasteiger partial charge < -0.3 is 42.7 Å². The van der Waals surface area contributed by atoms with Gasteiger partial charge in [-0.3, -0.25) is 0 Å². The number of oxazole rings is 2. The number of epoxide rings is 2. The molecule has 4 bridgehead atoms. The summed E-state index contributed by atoms with van der Waals surface area (Å²) in [7, 11) is 1.56. The third-order valence-electron chi connectivity index (χ3n) is 10.2. The van der Waals surface area contributed by atoms with Gasteiger partial charge >= 0.3 is 11.9 Å². The second kappa shape index (κ2) is 19.0. The van der Waals surface area contributed by atoms with Crippen LogP contribution >= 0.6 is 0 Å². The fraction of sp³-hybridized carbons (Fsp3) is 0.488. The first-order valence-corrected chi connectivity index (χ1v) is 18.9. The van der Waals surface area contributed by atoms with Crippen LogP contribution in [0, 0.1) is 10.8 Å². The van der Waals surface area contributed by atoms with Crippen molar-refractivity contribution in [1.29, 1.82) is 0 Å². The number of hydrogen-bond acceptors (Lipinski definition) is 13. The van der Waals surface area contributed by atoms with E-state index in [0.29, 0.717) is 12.8 Å². The average molecular weight is 775 g/mol. The molecule has 13 heteroatoms. The molecule has 0 spiro atoms. The van der Waals surface area contributed by atoms with Crippen molar-refractivity contribution in [3.63, 3.8) is 0 Å². The summed E-state index contributed by atoms with van der Waals surface area (Å²) < 4.78 is 40.3. The Morgan fingerprint density at radius 1 is 0.732 bits per heavy atom. The highest BCUT2D eigenvalue weighted by molar-refractivity contribution is 5.87. The van der Waals surface area contributed by atoms with E-state index in [4.69, 9.17) is 32.5 Å². The molecule has 3 aliphatic heterocycles. The van der Waals surface area contributed by atoms with Gasteiger partial charge in [0.2, 0.25) is 5.89 Å². The average Bonchev–Trinajstić information content (AvgIpc) is 3.96. The first-order valence-electron chi connectivity index (χ1n) is 18.9. The molecule has 2 aromatic rings. The molecule has 7 unspecified atom stereocenters. The fourth-order valence-corrected chi connectivity index (χ4v) is 6.10. The number of aliphatic hydroxyl groups is 2. The maximum atomic E-state index is 13.4. The minimum atomic E-state index is -0.884. The van der Waals surface area contributed by atoms with Crippen molar-refractivity contribution in [2.24, 2.45) is 10.8 Å². The van der Waals surface area contributed by atoms with Crippen molar-refractivity contribution in [3.8, 4) is 0 Å². The first-order chi connectivity index (χ1) is 26.8. The lowest BCUT2D eigenvalue weighted by Gasteiger charge is -2.36. The lowest BCUT2D eigenvalue weighted by Crippen LogP contribution is -2.42. The van der Waals surface area contributed by atoms with Gasteiger partial charge in [-0.15, -0.1) is 0 Å². The smallest absolute Gasteiger partial charge is 0.360 e. The summed E-state index contributed by atoms with van der Waals surface area (Å²) in [5.74, 6) is -0.844. The number of cyclic esters (lactones) is 2. The predicted octanol–water partition coefficient (Wildman–Crippen LogP) is 6.46. The van der Waals surface area contributed by atoms with E-state index in [0.717, 1.165) is 0 Å². The van der Waals surface area contributed by atoms with Crippen LogP contribution in [0.4, 0.5) is 0 Å². The summed E-state index contributed by atoms with van der Waals surface area (Å²) in [6.07, 6.45) is 24.1. The number of carbonyl (C=O) groups is 2. The molecule has 3 aliphatic rings. The highest BCUT2D eigenvalue weighted by atomic mass is 16.6. The van der Waals surface area contributed by atoms with E-state index in [-0.39, 0.29) is 54.0 Å². The van der Waals surface area contributed by atoms with Crippen molar-refractivity contribution in [3.05, 3.63) is 115 Å². The number of aromatic nitrogens is 2. The molecule has 302 valence electrons. The topological polar surface area (TPSA) is 179 Å². The number of nitrogens with zero attached hydrogens (tertiary/aromatic N) is 2. The van der Waals surface area contributed by atoms with Crippen molar-refractivity contribution < 1.29 is 52.3 Å². The first kappa shape index (κ1) is 42.5. The number of fused-ring (bicyclic) bond motifs is 6. The molecule has 2 fully saturated rings. The molecule has 2 aromatic heterocycles. The van der Waals surface area contributed by atoms with E-state index >= 15 is 0 Å². The lowest BCUT2D eigenvalue weighted by atomic mass is 9.79. The van der Waals surface area contributed by atoms with E-state index in [1.165, 1.54) is 12.5 Å². The molecule has 5 heterocycles. The summed E-state index contributed by atoms with van der Waals surface area (Å²) in [5, 5.41) is 21.9. The van der Waals surface area contributed by atoms with Crippen LogP contribution in [0.2, 0.25) is 0 Å². The van der Waals surface area contributed by atoms with Crippen molar-refractivity contribution >= 4 is 18.0 Å². The molecule has 2 N–H and O–H groups in total. The Morgan fingerprint density at radius 2 is 1.25 bits per heavy atom. The van der Waals surface area contributed by atoms with Gasteiger partial charge in [-0.2, -0.15) is 0 Å². The summed E-state index contributed by atoms with van der Waals surface area (Å²) >= 11 is 0. The van der Waals surface area contributed by atoms with Crippen molar-refractivity contribution in [2.75, 3.05) is 7.11 Å². The van der Waals surface area contributed by atoms with Crippen molar-refractivity contribution in [1.82, 2.24) is 9.97 Å². The van der Waals surface area contributed by atoms with Crippen LogP contribution in [0.3, 0.4) is 0 Å². The normalized spacial score (nSPS) is 29.8. The van der Waals surface area contributed by atoms with E-state index < -0.39 is 53.3 Å². The van der Waals surface area contributed by atoms with Gasteiger partial charge in [0.1, 0.15) is 49.2 Å². The second-order valence-corrected chi connectivity index (χ2v) is 15.1. The highest BCUT2D eigenvalue weighted by Crippen LogP contribution is 2.35. The Bertz CT molecular complexity index is 1840. The van der Waals surface area contributed by atoms with E-state index in [1.54, 1.807) is 49.6 Å². The SMILES string of the molecule is C/C=C/C(O)C(C)(C)C1C/C=C\C2OC2C=CC(OC)Cc2nc(co2)C(=O)OC(C(C)(C)C(O)/C=C/C)C/C=C\[C@H]2O[C@@H]2/C=C\C=Cc2nc(co2)C(=O)O1. The highest BCUT2D eigenvalue weighted by Gasteiger charge is 2.41. The molecule has 0 saturated carbocycles. The molecule has 56 heavy (non-hydrogen) atoms. The van der Waals surface area contributed by atoms with Gasteiger partial charge in [-0.25, -0.2) is 19.6 Å². The lowest BCUT2D eigenvalue weighted by molar-refractivity contribution is -0.0461. The van der Waals surface area contributed by atoms with Crippen molar-refractivity contribution in [2.45, 2.75) is 116 Å². The quantitative estimate of drug-likeness (QED) is 0.178. The molecule has 0 aromatic carbocycles. The number of ether oxygens (including phenoxy) is 5. The minimum absolute atomic E-state index is 0.00381. The van der Waals surface area contributed by atoms with E-state index in [1.807, 2.05) is 84.1 Å². The van der Waals surface area contributed by atoms with Crippen LogP contribution in [0.15, 0.2) is 100 Å². The van der Waals surface area contributed by atoms with E-state index in [2.05, 4.69) is 9.97 Å². The third kappa shape index (κ3) is 11.2. The van der Waals surface area contributed by atoms with Gasteiger partial charge in [0, 0.05) is 36.9 Å². The summed E-state index contributed by atoms with van der Waals surface area (Å²) in [5.41, 5.74) is -1.68. The van der Waals surface area contributed by atoms with Gasteiger partial charge in [0.25, 0.3) is 0 Å². The number of carbonyl (C=O) groups excluding carboxylic acids is 2. The zero-order chi connectivity index (χ0) is 40.5. The Labute approximate surface area is 328 Å². The summed E-state index contributed by atoms with van der Waals surface area (Å²) in [4.78, 5) is 35.3. The Morgan fingerprint density at radius 3 is 1.80 bits per heavy atom. The van der Waals surface area contributed by atoms with Crippen LogP contribution in [0.25, 0.3) is 6.08 Å². The number of rotatable bonds is 7. The van der Waals surface area contributed by atoms with Crippen LogP contribution in [0.5, 0.6) is 0 Å². The number of allylic oxidation sites excluding steroid dienone is 4. The fourth-order valence-electron chi connectivity index (χ4n) is 6.10. The van der Waals surface area contributed by atoms with Gasteiger partial charge in [0.05, 0.1) is 24.7 Å². The number of aliphatic hydroxyl groups excluding tert-OH is 2. The van der Waals surface area contributed by atoms with Gasteiger partial charge in [0.15, 0.2) is 17.3 Å². The third-order valence-corrected chi connectivity index (χ3v) is 10.2. The number of hydrogen-bond donors (Lipinski definition) is 2. The Hall–Kier alpha value is -4.66. The van der Waals surface area contributed by atoms with Crippen LogP contribution in [-0.4, -0.2) is 94.2 Å². The van der Waals surface area contributed by atoms with Gasteiger partial charge in [-0.05, 0) is 13.8 Å². The molecule has 5 rings (SSSR count). The van der Waals surface area contributed by atoms with Crippen LogP contribution in [-0.2, 0) is 30.1 Å². The standard InChI is InChI=1S/C43H54N2O11/c1-8-14-34(46)42(3,4)36-20-13-18-32-33(54-32)23-22-27(50-7)24-39-45-29(26-52-39)41(49)56-37(43(5,6)35(47)15-9-2)19-12-17-31-30(53-31)16-10-11-21-38-44-28(25-51-38)40(48)55-36/h8-18,21-23,25-27,30-37,46-47H,19-20,24H2,1-7H3/b14-8+,15-9+,16-10-,17-12-,18-13-,21-11?,23-22?/t27?,30-,31-,32?,33?,34?,35?,36?,37?/m1/s1. The molecule has 2 saturated heterocycles. The zero-order valence-electron chi connectivity index (χ0n) is 33.0. The molecule has 0 amide bonds. The largest absolute Gasteiger partial charge is 0.457 e. The molecular formula is C43H54N2O11. The summed E-state index contributed by atoms with van der Waals surface area (Å²) in [6, 6.07) is 0. The van der Waals surface area contributed by atoms with E-state index in [9.17, 15) is 19.8 Å². The Kier molecular flexibility index (Phi) is 14.4. The minimum Gasteiger partial charge on any atom is -0.457 e. The monoisotopic (exact) mass is 774 g/mol. The maximum Gasteiger partial charge on any atom is 0.360 e. The molecule has 0 aliphatic carbocycles. The molecular weight excluding hydrogens is 720 g/mol. The number of esters is 2. The molecule has 9 atom stereocenters. The van der Waals surface area contributed by atoms with Gasteiger partial charge in [-0.1, -0.05) is 107 Å². The summed E-state index contributed by atoms with van der Waals surface area (Å²) in [6.45, 7) is 11.0. The predicted molar refractivity (Wildman–Crippen MR) is 207 cm³/mol. The maximum absolute atomic E-state index is 13.4. The van der Waals surface area contributed by atoms with Crippen LogP contribution in [0.1, 0.15) is 87.1 Å².